The van der Waals surface area contributed by atoms with Gasteiger partial charge < -0.3 is 14.8 Å². The zero-order valence-corrected chi connectivity index (χ0v) is 17.9. The fraction of sp³-hybridized carbons (Fsp3) is 0.429. The van der Waals surface area contributed by atoms with Crippen LogP contribution in [-0.4, -0.2) is 38.3 Å². The molecule has 0 saturated heterocycles. The lowest BCUT2D eigenvalue weighted by atomic mass is 10.1. The minimum atomic E-state index is -5.20. The maximum absolute atomic E-state index is 13.7. The van der Waals surface area contributed by atoms with E-state index in [1.165, 1.54) is 38.5 Å². The first-order valence-corrected chi connectivity index (χ1v) is 10.6. The summed E-state index contributed by atoms with van der Waals surface area (Å²) in [5.74, 6) is -2.50. The molecule has 0 unspecified atom stereocenters. The molecule has 1 atom stereocenters. The van der Waals surface area contributed by atoms with Gasteiger partial charge in [-0.15, -0.1) is 11.3 Å². The van der Waals surface area contributed by atoms with Gasteiger partial charge in [-0.1, -0.05) is 18.9 Å². The number of hydrogen-bond acceptors (Lipinski definition) is 5. The Morgan fingerprint density at radius 2 is 1.87 bits per heavy atom. The number of halogens is 3. The van der Waals surface area contributed by atoms with Crippen molar-refractivity contribution >= 4 is 28.8 Å². The molecule has 6 nitrogen and oxygen atoms in total. The van der Waals surface area contributed by atoms with E-state index in [4.69, 9.17) is 9.47 Å². The van der Waals surface area contributed by atoms with E-state index in [1.54, 1.807) is 11.4 Å². The number of carbonyl (C=O) groups is 2. The number of hydrogen-bond donors (Lipinski definition) is 1. The molecular weight excluding hydrogens is 433 g/mol. The third kappa shape index (κ3) is 5.12. The van der Waals surface area contributed by atoms with E-state index in [0.717, 1.165) is 37.0 Å². The summed E-state index contributed by atoms with van der Waals surface area (Å²) in [7, 11) is 2.67. The third-order valence-electron chi connectivity index (χ3n) is 5.13. The maximum Gasteiger partial charge on any atom is 0.471 e. The van der Waals surface area contributed by atoms with Gasteiger partial charge in [-0.05, 0) is 36.4 Å². The normalized spacial score (nSPS) is 15.4. The molecule has 1 aliphatic rings. The Balaban J connectivity index is 2.12. The van der Waals surface area contributed by atoms with E-state index < -0.39 is 24.0 Å². The zero-order chi connectivity index (χ0) is 22.6. The first kappa shape index (κ1) is 22.9. The number of nitrogens with one attached hydrogen (secondary N) is 1. The lowest BCUT2D eigenvalue weighted by Crippen LogP contribution is -2.50. The van der Waals surface area contributed by atoms with Crippen molar-refractivity contribution in [3.8, 4) is 11.5 Å². The topological polar surface area (TPSA) is 67.9 Å². The van der Waals surface area contributed by atoms with Crippen LogP contribution >= 0.6 is 11.3 Å². The monoisotopic (exact) mass is 456 g/mol. The fourth-order valence-electron chi connectivity index (χ4n) is 3.66. The Labute approximate surface area is 181 Å². The largest absolute Gasteiger partial charge is 0.497 e. The Morgan fingerprint density at radius 1 is 1.16 bits per heavy atom. The third-order valence-corrected chi connectivity index (χ3v) is 6.05. The maximum atomic E-state index is 13.7. The molecule has 10 heteroatoms. The summed E-state index contributed by atoms with van der Waals surface area (Å²) in [5, 5.41) is 4.47. The number of anilines is 1. The Hall–Kier alpha value is -2.75. The molecule has 1 heterocycles. The second-order valence-electron chi connectivity index (χ2n) is 7.12. The molecule has 1 aliphatic carbocycles. The van der Waals surface area contributed by atoms with Gasteiger partial charge in [0.2, 0.25) is 5.91 Å². The molecule has 3 rings (SSSR count). The summed E-state index contributed by atoms with van der Waals surface area (Å²) in [5.41, 5.74) is -0.175. The molecule has 1 N–H and O–H groups in total. The van der Waals surface area contributed by atoms with E-state index in [0.29, 0.717) is 15.5 Å². The number of carbonyl (C=O) groups excluding carboxylic acids is 2. The molecule has 1 aromatic carbocycles. The van der Waals surface area contributed by atoms with E-state index in [9.17, 15) is 22.8 Å². The second-order valence-corrected chi connectivity index (χ2v) is 8.10. The van der Waals surface area contributed by atoms with Crippen LogP contribution in [0.1, 0.15) is 36.6 Å². The highest BCUT2D eigenvalue weighted by molar-refractivity contribution is 7.10. The number of methoxy groups -OCH3 is 2. The van der Waals surface area contributed by atoms with Gasteiger partial charge in [0.25, 0.3) is 0 Å². The van der Waals surface area contributed by atoms with Crippen molar-refractivity contribution in [2.24, 2.45) is 0 Å². The van der Waals surface area contributed by atoms with Crippen molar-refractivity contribution in [1.82, 2.24) is 5.32 Å². The number of benzene rings is 1. The van der Waals surface area contributed by atoms with E-state index in [1.807, 2.05) is 0 Å². The van der Waals surface area contributed by atoms with Gasteiger partial charge in [0, 0.05) is 17.0 Å². The van der Waals surface area contributed by atoms with Gasteiger partial charge >= 0.3 is 12.1 Å². The fourth-order valence-corrected chi connectivity index (χ4v) is 4.47. The second kappa shape index (κ2) is 9.59. The Morgan fingerprint density at radius 3 is 2.42 bits per heavy atom. The molecule has 0 bridgehead atoms. The molecular formula is C21H23F3N2O4S. The number of ether oxygens (including phenoxy) is 2. The number of amides is 2. The number of alkyl halides is 3. The lowest BCUT2D eigenvalue weighted by molar-refractivity contribution is -0.171. The quantitative estimate of drug-likeness (QED) is 0.668. The SMILES string of the molecule is COc1ccc(N(C(=O)C(F)(F)F)[C@H](C(=O)NC2CCCC2)c2cccs2)c(OC)c1. The molecule has 2 amide bonds. The molecule has 0 spiro atoms. The van der Waals surface area contributed by atoms with Crippen molar-refractivity contribution in [2.45, 2.75) is 43.9 Å². The predicted octanol–water partition coefficient (Wildman–Crippen LogP) is 4.46. The van der Waals surface area contributed by atoms with Gasteiger partial charge in [0.15, 0.2) is 6.04 Å². The van der Waals surface area contributed by atoms with Crippen LogP contribution in [0.15, 0.2) is 35.7 Å². The van der Waals surface area contributed by atoms with Crippen molar-refractivity contribution in [3.05, 3.63) is 40.6 Å². The highest BCUT2D eigenvalue weighted by atomic mass is 32.1. The highest BCUT2D eigenvalue weighted by Crippen LogP contribution is 2.40. The summed E-state index contributed by atoms with van der Waals surface area (Å²) in [6.45, 7) is 0. The molecule has 1 saturated carbocycles. The predicted molar refractivity (Wildman–Crippen MR) is 111 cm³/mol. The minimum Gasteiger partial charge on any atom is -0.497 e. The average Bonchev–Trinajstić information content (AvgIpc) is 3.44. The minimum absolute atomic E-state index is 0.0211. The van der Waals surface area contributed by atoms with Crippen LogP contribution in [0.5, 0.6) is 11.5 Å². The summed E-state index contributed by atoms with van der Waals surface area (Å²) in [6, 6.07) is 5.59. The van der Waals surface area contributed by atoms with Crippen molar-refractivity contribution in [3.63, 3.8) is 0 Å². The molecule has 31 heavy (non-hydrogen) atoms. The molecule has 168 valence electrons. The summed E-state index contributed by atoms with van der Waals surface area (Å²) in [6.07, 6.45) is -1.82. The van der Waals surface area contributed by atoms with E-state index >= 15 is 0 Å². The van der Waals surface area contributed by atoms with Gasteiger partial charge in [0.1, 0.15) is 11.5 Å². The summed E-state index contributed by atoms with van der Waals surface area (Å²) in [4.78, 5) is 26.6. The molecule has 0 radical (unpaired) electrons. The Kier molecular flexibility index (Phi) is 7.09. The van der Waals surface area contributed by atoms with Crippen LogP contribution < -0.4 is 19.7 Å². The zero-order valence-electron chi connectivity index (χ0n) is 17.1. The Bertz CT molecular complexity index is 912. The highest BCUT2D eigenvalue weighted by Gasteiger charge is 2.48. The van der Waals surface area contributed by atoms with Gasteiger partial charge in [0.05, 0.1) is 19.9 Å². The smallest absolute Gasteiger partial charge is 0.471 e. The average molecular weight is 456 g/mol. The summed E-state index contributed by atoms with van der Waals surface area (Å²) >= 11 is 1.10. The van der Waals surface area contributed by atoms with E-state index in [-0.39, 0.29) is 17.5 Å². The number of nitrogens with zero attached hydrogens (tertiary/aromatic N) is 1. The molecule has 1 fully saturated rings. The summed E-state index contributed by atoms with van der Waals surface area (Å²) < 4.78 is 51.3. The first-order chi connectivity index (χ1) is 14.8. The van der Waals surface area contributed by atoms with Gasteiger partial charge in [-0.2, -0.15) is 13.2 Å². The van der Waals surface area contributed by atoms with Crippen LogP contribution in [0.3, 0.4) is 0 Å². The van der Waals surface area contributed by atoms with Crippen LogP contribution in [-0.2, 0) is 9.59 Å². The molecule has 1 aromatic heterocycles. The van der Waals surface area contributed by atoms with Crippen LogP contribution in [0.4, 0.5) is 18.9 Å². The van der Waals surface area contributed by atoms with Crippen LogP contribution in [0, 0.1) is 0 Å². The lowest BCUT2D eigenvalue weighted by Gasteiger charge is -2.32. The first-order valence-electron chi connectivity index (χ1n) is 9.72. The van der Waals surface area contributed by atoms with Crippen LogP contribution in [0.25, 0.3) is 0 Å². The van der Waals surface area contributed by atoms with Crippen LogP contribution in [0.2, 0.25) is 0 Å². The van der Waals surface area contributed by atoms with Gasteiger partial charge in [-0.3, -0.25) is 14.5 Å². The molecule has 0 aliphatic heterocycles. The van der Waals surface area contributed by atoms with Gasteiger partial charge in [-0.25, -0.2) is 0 Å². The molecule has 2 aromatic rings. The standard InChI is InChI=1S/C21H23F3N2O4S/c1-29-14-9-10-15(16(12-14)30-2)26(20(28)21(22,23)24)18(17-8-5-11-31-17)19(27)25-13-6-3-4-7-13/h5,8-13,18H,3-4,6-7H2,1-2H3,(H,25,27)/t18-/m0/s1. The number of rotatable bonds is 7. The van der Waals surface area contributed by atoms with Crippen molar-refractivity contribution in [1.29, 1.82) is 0 Å². The van der Waals surface area contributed by atoms with E-state index in [2.05, 4.69) is 5.32 Å². The number of thiophene rings is 1. The van der Waals surface area contributed by atoms with Crippen molar-refractivity contribution < 1.29 is 32.2 Å². The van der Waals surface area contributed by atoms with Crippen molar-refractivity contribution in [2.75, 3.05) is 19.1 Å².